The lowest BCUT2D eigenvalue weighted by molar-refractivity contribution is -0.134. The summed E-state index contributed by atoms with van der Waals surface area (Å²) in [6, 6.07) is 8.74. The Labute approximate surface area is 173 Å². The molecule has 3 aliphatic rings. The van der Waals surface area contributed by atoms with Crippen molar-refractivity contribution in [1.82, 2.24) is 10.3 Å². The quantitative estimate of drug-likeness (QED) is 0.524. The third-order valence-corrected chi connectivity index (χ3v) is 7.09. The Morgan fingerprint density at radius 3 is 2.24 bits per heavy atom. The highest BCUT2D eigenvalue weighted by atomic mass is 16.2. The van der Waals surface area contributed by atoms with Crippen molar-refractivity contribution in [2.75, 3.05) is 18.4 Å². The van der Waals surface area contributed by atoms with Crippen LogP contribution in [0, 0.1) is 11.8 Å². The van der Waals surface area contributed by atoms with Gasteiger partial charge in [-0.1, -0.05) is 12.1 Å². The molecule has 2 heterocycles. The Morgan fingerprint density at radius 1 is 0.931 bits per heavy atom. The number of nitrogens with two attached hydrogens (primary N) is 1. The maximum Gasteiger partial charge on any atom is 0.234 e. The zero-order valence-electron chi connectivity index (χ0n) is 17.2. The van der Waals surface area contributed by atoms with E-state index in [4.69, 9.17) is 5.84 Å². The molecular formula is C23H34N4O2. The van der Waals surface area contributed by atoms with E-state index in [1.54, 1.807) is 0 Å². The summed E-state index contributed by atoms with van der Waals surface area (Å²) in [6.45, 7) is 2.10. The van der Waals surface area contributed by atoms with Gasteiger partial charge in [-0.2, -0.15) is 0 Å². The first-order valence-electron chi connectivity index (χ1n) is 11.3. The second kappa shape index (κ2) is 9.26. The predicted molar refractivity (Wildman–Crippen MR) is 114 cm³/mol. The van der Waals surface area contributed by atoms with Crippen molar-refractivity contribution in [3.63, 3.8) is 0 Å². The third kappa shape index (κ3) is 5.37. The van der Waals surface area contributed by atoms with Gasteiger partial charge in [-0.25, -0.2) is 5.01 Å². The van der Waals surface area contributed by atoms with Crippen LogP contribution >= 0.6 is 0 Å². The van der Waals surface area contributed by atoms with Crippen molar-refractivity contribution in [2.45, 2.75) is 69.7 Å². The molecule has 1 atom stereocenters. The number of rotatable bonds is 5. The average Bonchev–Trinajstić information content (AvgIpc) is 2.72. The number of hydrazine groups is 1. The minimum atomic E-state index is -0.205. The lowest BCUT2D eigenvalue weighted by atomic mass is 9.78. The van der Waals surface area contributed by atoms with Crippen LogP contribution in [0.15, 0.2) is 24.3 Å². The number of hydrogen-bond donors (Lipinski definition) is 3. The summed E-state index contributed by atoms with van der Waals surface area (Å²) in [7, 11) is 0. The third-order valence-electron chi connectivity index (χ3n) is 7.09. The van der Waals surface area contributed by atoms with Crippen molar-refractivity contribution in [3.8, 4) is 0 Å². The van der Waals surface area contributed by atoms with Gasteiger partial charge in [0.2, 0.25) is 11.8 Å². The zero-order chi connectivity index (χ0) is 20.2. The van der Waals surface area contributed by atoms with Gasteiger partial charge in [0.25, 0.3) is 0 Å². The molecule has 4 rings (SSSR count). The summed E-state index contributed by atoms with van der Waals surface area (Å²) in [5, 5.41) is 8.08. The van der Waals surface area contributed by atoms with E-state index in [0.717, 1.165) is 36.2 Å². The molecule has 29 heavy (non-hydrogen) atoms. The second-order valence-corrected chi connectivity index (χ2v) is 9.20. The smallest absolute Gasteiger partial charge is 0.234 e. The number of benzene rings is 1. The molecule has 6 heteroatoms. The van der Waals surface area contributed by atoms with E-state index in [-0.39, 0.29) is 17.7 Å². The minimum Gasteiger partial charge on any atom is -0.382 e. The number of amides is 2. The molecule has 2 aliphatic heterocycles. The van der Waals surface area contributed by atoms with Crippen LogP contribution in [-0.4, -0.2) is 36.0 Å². The van der Waals surface area contributed by atoms with Gasteiger partial charge in [0, 0.05) is 31.2 Å². The number of hydrogen-bond acceptors (Lipinski definition) is 5. The molecule has 1 unspecified atom stereocenters. The van der Waals surface area contributed by atoms with Gasteiger partial charge < -0.3 is 5.32 Å². The van der Waals surface area contributed by atoms with Crippen molar-refractivity contribution < 1.29 is 9.59 Å². The van der Waals surface area contributed by atoms with Crippen LogP contribution in [0.25, 0.3) is 0 Å². The zero-order valence-corrected chi connectivity index (χ0v) is 17.2. The fourth-order valence-electron chi connectivity index (χ4n) is 5.26. The van der Waals surface area contributed by atoms with Crippen LogP contribution in [0.1, 0.15) is 69.3 Å². The number of imide groups is 1. The van der Waals surface area contributed by atoms with Gasteiger partial charge in [-0.15, -0.1) is 0 Å². The molecule has 1 aromatic rings. The van der Waals surface area contributed by atoms with Crippen molar-refractivity contribution >= 4 is 17.5 Å². The molecule has 0 bridgehead atoms. The number of piperidine rings is 2. The van der Waals surface area contributed by atoms with E-state index in [2.05, 4.69) is 22.8 Å². The number of nitrogens with zero attached hydrogens (tertiary/aromatic N) is 1. The lowest BCUT2D eigenvalue weighted by Gasteiger charge is -2.34. The Hall–Kier alpha value is -1.92. The first-order valence-corrected chi connectivity index (χ1v) is 11.3. The van der Waals surface area contributed by atoms with E-state index in [0.29, 0.717) is 18.9 Å². The van der Waals surface area contributed by atoms with E-state index in [1.165, 1.54) is 44.9 Å². The fraction of sp³-hybridized carbons (Fsp3) is 0.652. The van der Waals surface area contributed by atoms with Crippen LogP contribution < -0.4 is 16.5 Å². The fourth-order valence-corrected chi connectivity index (χ4v) is 5.26. The highest BCUT2D eigenvalue weighted by molar-refractivity contribution is 6.00. The molecule has 2 saturated heterocycles. The first-order chi connectivity index (χ1) is 14.1. The monoisotopic (exact) mass is 398 g/mol. The molecule has 6 nitrogen and oxygen atoms in total. The van der Waals surface area contributed by atoms with Gasteiger partial charge in [-0.3, -0.25) is 20.7 Å². The Bertz CT molecular complexity index is 704. The summed E-state index contributed by atoms with van der Waals surface area (Å²) in [5.74, 6) is 7.08. The van der Waals surface area contributed by atoms with Gasteiger partial charge >= 0.3 is 0 Å². The van der Waals surface area contributed by atoms with Crippen molar-refractivity contribution in [2.24, 2.45) is 17.7 Å². The molecule has 0 spiro atoms. The van der Waals surface area contributed by atoms with Crippen LogP contribution in [-0.2, 0) is 9.59 Å². The van der Waals surface area contributed by atoms with Crippen LogP contribution in [0.5, 0.6) is 0 Å². The summed E-state index contributed by atoms with van der Waals surface area (Å²) in [5.41, 5.74) is 2.12. The molecule has 3 fully saturated rings. The molecule has 2 amide bonds. The summed E-state index contributed by atoms with van der Waals surface area (Å²) in [6.07, 6.45) is 10.0. The molecule has 4 N–H and O–H groups in total. The topological polar surface area (TPSA) is 87.5 Å². The molecule has 1 aromatic carbocycles. The highest BCUT2D eigenvalue weighted by Crippen LogP contribution is 2.34. The molecule has 1 saturated carbocycles. The molecular weight excluding hydrogens is 364 g/mol. The van der Waals surface area contributed by atoms with Gasteiger partial charge in [0.1, 0.15) is 0 Å². The lowest BCUT2D eigenvalue weighted by Crippen LogP contribution is -2.39. The average molecular weight is 399 g/mol. The predicted octanol–water partition coefficient (Wildman–Crippen LogP) is 3.15. The molecule has 158 valence electrons. The molecule has 1 aliphatic carbocycles. The van der Waals surface area contributed by atoms with Crippen LogP contribution in [0.4, 0.5) is 5.69 Å². The number of nitrogens with one attached hydrogen (secondary N) is 2. The van der Waals surface area contributed by atoms with Crippen molar-refractivity contribution in [3.05, 3.63) is 29.8 Å². The Balaban J connectivity index is 1.22. The van der Waals surface area contributed by atoms with Gasteiger partial charge in [0.05, 0.1) is 5.92 Å². The molecule has 0 aromatic heterocycles. The minimum absolute atomic E-state index is 0.162. The first kappa shape index (κ1) is 20.4. The maximum absolute atomic E-state index is 12.0. The number of carbonyl (C=O) groups is 2. The van der Waals surface area contributed by atoms with E-state index < -0.39 is 0 Å². The van der Waals surface area contributed by atoms with Gasteiger partial charge in [0.15, 0.2) is 0 Å². The second-order valence-electron chi connectivity index (χ2n) is 9.20. The van der Waals surface area contributed by atoms with E-state index in [1.807, 2.05) is 17.1 Å². The van der Waals surface area contributed by atoms with E-state index in [9.17, 15) is 9.59 Å². The van der Waals surface area contributed by atoms with Gasteiger partial charge in [-0.05, 0) is 80.9 Å². The summed E-state index contributed by atoms with van der Waals surface area (Å²) in [4.78, 5) is 23.4. The standard InChI is InChI=1S/C23H34N4O2/c24-27-13-11-17(12-14-27)15-16-1-5-19(6-2-16)25-20-7-3-18(4-8-20)21-9-10-22(28)26-23(21)29/h3-4,7-8,16-17,19,21,25H,1-2,5-6,9-15,24H2,(H,26,28,29). The normalized spacial score (nSPS) is 29.5. The summed E-state index contributed by atoms with van der Waals surface area (Å²) < 4.78 is 0. The number of carbonyl (C=O) groups excluding carboxylic acids is 2. The molecule has 0 radical (unpaired) electrons. The maximum atomic E-state index is 12.0. The van der Waals surface area contributed by atoms with E-state index >= 15 is 0 Å². The Kier molecular flexibility index (Phi) is 6.50. The number of anilines is 1. The highest BCUT2D eigenvalue weighted by Gasteiger charge is 2.28. The SMILES string of the molecule is NN1CCC(CC2CCC(Nc3ccc(C4CCC(=O)NC4=O)cc3)CC2)CC1. The van der Waals surface area contributed by atoms with Crippen LogP contribution in [0.3, 0.4) is 0 Å². The largest absolute Gasteiger partial charge is 0.382 e. The Morgan fingerprint density at radius 2 is 1.59 bits per heavy atom. The van der Waals surface area contributed by atoms with Crippen LogP contribution in [0.2, 0.25) is 0 Å². The summed E-state index contributed by atoms with van der Waals surface area (Å²) >= 11 is 0. The van der Waals surface area contributed by atoms with Crippen molar-refractivity contribution in [1.29, 1.82) is 0 Å².